The lowest BCUT2D eigenvalue weighted by atomic mass is 9.59. The van der Waals surface area contributed by atoms with Crippen LogP contribution in [-0.2, 0) is 14.3 Å². The van der Waals surface area contributed by atoms with E-state index in [0.717, 1.165) is 32.1 Å². The third-order valence-electron chi connectivity index (χ3n) is 9.58. The first-order valence-electron chi connectivity index (χ1n) is 13.5. The summed E-state index contributed by atoms with van der Waals surface area (Å²) >= 11 is 0. The zero-order chi connectivity index (χ0) is 26.5. The molecule has 2 fully saturated rings. The fourth-order valence-corrected chi connectivity index (χ4v) is 7.57. The van der Waals surface area contributed by atoms with Crippen LogP contribution in [0, 0.1) is 34.5 Å². The number of allylic oxidation sites excluding steroid dienone is 4. The number of unbranched alkanes of at least 4 members (excludes halogenated alkanes) is 3. The maximum Gasteiger partial charge on any atom is 0.331 e. The van der Waals surface area contributed by atoms with Crippen LogP contribution in [0.15, 0.2) is 47.6 Å². The van der Waals surface area contributed by atoms with Gasteiger partial charge in [0.1, 0.15) is 6.10 Å². The average Bonchev–Trinajstić information content (AvgIpc) is 3.32. The summed E-state index contributed by atoms with van der Waals surface area (Å²) in [6, 6.07) is 0. The number of carbonyl (C=O) groups excluding carboxylic acids is 2. The second-order valence-electron chi connectivity index (χ2n) is 12.0. The molecule has 2 bridgehead atoms. The Hall–Kier alpha value is -2.02. The first-order valence-corrected chi connectivity index (χ1v) is 13.5. The van der Waals surface area contributed by atoms with Crippen molar-refractivity contribution < 1.29 is 29.6 Å². The van der Waals surface area contributed by atoms with Crippen LogP contribution in [0.4, 0.5) is 0 Å². The number of ether oxygens (including phenoxy) is 1. The molecule has 1 spiro atoms. The van der Waals surface area contributed by atoms with E-state index in [0.29, 0.717) is 11.5 Å². The topological polar surface area (TPSA) is 104 Å². The first kappa shape index (κ1) is 27.0. The molecule has 4 aliphatic rings. The van der Waals surface area contributed by atoms with Crippen LogP contribution in [0.2, 0.25) is 0 Å². The van der Waals surface area contributed by atoms with Crippen LogP contribution in [0.1, 0.15) is 66.7 Å². The van der Waals surface area contributed by atoms with Gasteiger partial charge in [0.05, 0.1) is 12.0 Å². The molecule has 0 aromatic heterocycles. The van der Waals surface area contributed by atoms with Gasteiger partial charge in [0.2, 0.25) is 0 Å². The van der Waals surface area contributed by atoms with E-state index in [4.69, 9.17) is 4.74 Å². The van der Waals surface area contributed by atoms with Gasteiger partial charge in [0, 0.05) is 12.0 Å². The molecular weight excluding hydrogens is 456 g/mol. The molecule has 3 N–H and O–H groups in total. The third-order valence-corrected chi connectivity index (χ3v) is 9.58. The zero-order valence-corrected chi connectivity index (χ0v) is 22.2. The number of rotatable bonds is 8. The number of Topliss-reactive ketones (excluding diaryl/α,β-unsaturated/α-hetero) is 1. The molecular formula is C30H42O6. The number of aliphatic hydroxyl groups is 3. The van der Waals surface area contributed by atoms with Gasteiger partial charge in [-0.05, 0) is 60.5 Å². The van der Waals surface area contributed by atoms with Gasteiger partial charge in [-0.25, -0.2) is 4.79 Å². The first-order chi connectivity index (χ1) is 17.0. The molecule has 0 amide bonds. The van der Waals surface area contributed by atoms with E-state index in [1.807, 2.05) is 13.0 Å². The number of esters is 1. The predicted molar refractivity (Wildman–Crippen MR) is 138 cm³/mol. The highest BCUT2D eigenvalue weighted by Crippen LogP contribution is 2.71. The molecule has 0 aromatic carbocycles. The van der Waals surface area contributed by atoms with Crippen molar-refractivity contribution in [3.8, 4) is 0 Å². The van der Waals surface area contributed by atoms with Crippen LogP contribution in [0.25, 0.3) is 0 Å². The van der Waals surface area contributed by atoms with Gasteiger partial charge in [-0.2, -0.15) is 0 Å². The molecule has 0 heterocycles. The Balaban J connectivity index is 1.66. The Kier molecular flexibility index (Phi) is 7.28. The standard InChI is InChI=1S/C30H42O6/c1-6-7-8-9-10-11-12-13-23(32)36-27-18(2)16-29-19(3)14-22-24(28(22,4)5)21(26(29)34)15-20(17-31)25(33)30(27,29)35/h10-13,15-16,19,21-22,24-25,27,31,33,35H,6-9,14,17H2,1-5H3. The highest BCUT2D eigenvalue weighted by molar-refractivity contribution is 5.95. The Bertz CT molecular complexity index is 1020. The minimum Gasteiger partial charge on any atom is -0.451 e. The normalized spacial score (nSPS) is 40.8. The molecule has 4 rings (SSSR count). The predicted octanol–water partition coefficient (Wildman–Crippen LogP) is 4.06. The summed E-state index contributed by atoms with van der Waals surface area (Å²) < 4.78 is 5.76. The number of aliphatic hydroxyl groups excluding tert-OH is 2. The van der Waals surface area contributed by atoms with Crippen LogP contribution in [0.5, 0.6) is 0 Å². The van der Waals surface area contributed by atoms with Crippen molar-refractivity contribution in [1.82, 2.24) is 0 Å². The van der Waals surface area contributed by atoms with Gasteiger partial charge in [0.15, 0.2) is 17.5 Å². The van der Waals surface area contributed by atoms with Gasteiger partial charge >= 0.3 is 5.97 Å². The van der Waals surface area contributed by atoms with Crippen LogP contribution < -0.4 is 0 Å². The second kappa shape index (κ2) is 9.70. The quantitative estimate of drug-likeness (QED) is 0.153. The maximum atomic E-state index is 14.3. The van der Waals surface area contributed by atoms with Gasteiger partial charge in [-0.3, -0.25) is 4.79 Å². The summed E-state index contributed by atoms with van der Waals surface area (Å²) in [6.45, 7) is 9.66. The van der Waals surface area contributed by atoms with Crippen LogP contribution in [-0.4, -0.2) is 51.5 Å². The van der Waals surface area contributed by atoms with E-state index in [1.54, 1.807) is 31.2 Å². The lowest BCUT2D eigenvalue weighted by Gasteiger charge is -2.48. The second-order valence-corrected chi connectivity index (χ2v) is 12.0. The molecule has 8 atom stereocenters. The molecule has 6 nitrogen and oxygen atoms in total. The van der Waals surface area contributed by atoms with E-state index in [1.165, 1.54) is 6.08 Å². The van der Waals surface area contributed by atoms with Gasteiger partial charge in [0.25, 0.3) is 0 Å². The maximum absolute atomic E-state index is 14.3. The Morgan fingerprint density at radius 1 is 1.25 bits per heavy atom. The zero-order valence-electron chi connectivity index (χ0n) is 22.2. The number of ketones is 1. The van der Waals surface area contributed by atoms with Crippen molar-refractivity contribution >= 4 is 11.8 Å². The average molecular weight is 499 g/mol. The Morgan fingerprint density at radius 3 is 2.64 bits per heavy atom. The van der Waals surface area contributed by atoms with Crippen molar-refractivity contribution in [2.75, 3.05) is 6.61 Å². The molecule has 0 aliphatic heterocycles. The molecule has 6 heteroatoms. The molecule has 0 aromatic rings. The van der Waals surface area contributed by atoms with E-state index in [2.05, 4.69) is 20.8 Å². The third kappa shape index (κ3) is 3.88. The smallest absolute Gasteiger partial charge is 0.331 e. The SMILES string of the molecule is CCCCCC=CC=CC(=O)OC1C(C)=CC23C(=O)C(C=C(CO)C(O)C12O)C1C(CC3C)C1(C)C. The van der Waals surface area contributed by atoms with Crippen molar-refractivity contribution in [1.29, 1.82) is 0 Å². The summed E-state index contributed by atoms with van der Waals surface area (Å²) in [5.74, 6) is -1.21. The molecule has 0 saturated heterocycles. The molecule has 8 unspecified atom stereocenters. The van der Waals surface area contributed by atoms with Crippen molar-refractivity contribution in [3.63, 3.8) is 0 Å². The van der Waals surface area contributed by atoms with Crippen molar-refractivity contribution in [2.45, 2.75) is 84.5 Å². The van der Waals surface area contributed by atoms with Crippen molar-refractivity contribution in [2.24, 2.45) is 34.5 Å². The lowest BCUT2D eigenvalue weighted by Crippen LogP contribution is -2.65. The Morgan fingerprint density at radius 2 is 1.97 bits per heavy atom. The number of hydrogen-bond donors (Lipinski definition) is 3. The summed E-state index contributed by atoms with van der Waals surface area (Å²) in [6.07, 6.45) is 12.4. The monoisotopic (exact) mass is 498 g/mol. The van der Waals surface area contributed by atoms with E-state index < -0.39 is 41.7 Å². The lowest BCUT2D eigenvalue weighted by molar-refractivity contribution is -0.201. The van der Waals surface area contributed by atoms with E-state index in [9.17, 15) is 24.9 Å². The van der Waals surface area contributed by atoms with Gasteiger partial charge in [-0.1, -0.05) is 70.9 Å². The molecule has 198 valence electrons. The van der Waals surface area contributed by atoms with Crippen molar-refractivity contribution in [3.05, 3.63) is 47.6 Å². The minimum atomic E-state index is -2.10. The van der Waals surface area contributed by atoms with E-state index >= 15 is 0 Å². The van der Waals surface area contributed by atoms with Gasteiger partial charge in [-0.15, -0.1) is 0 Å². The van der Waals surface area contributed by atoms with Crippen LogP contribution in [0.3, 0.4) is 0 Å². The number of hydrogen-bond acceptors (Lipinski definition) is 6. The largest absolute Gasteiger partial charge is 0.451 e. The summed E-state index contributed by atoms with van der Waals surface area (Å²) in [5.41, 5.74) is -2.79. The molecule has 0 radical (unpaired) electrons. The Labute approximate surface area is 214 Å². The number of fused-ring (bicyclic) bond motifs is 3. The van der Waals surface area contributed by atoms with Crippen LogP contribution >= 0.6 is 0 Å². The van der Waals surface area contributed by atoms with Gasteiger partial charge < -0.3 is 20.1 Å². The molecule has 36 heavy (non-hydrogen) atoms. The molecule has 2 saturated carbocycles. The summed E-state index contributed by atoms with van der Waals surface area (Å²) in [7, 11) is 0. The highest BCUT2D eigenvalue weighted by atomic mass is 16.6. The number of carbonyl (C=O) groups is 2. The minimum absolute atomic E-state index is 0.0290. The summed E-state index contributed by atoms with van der Waals surface area (Å²) in [5, 5.41) is 34.0. The summed E-state index contributed by atoms with van der Waals surface area (Å²) in [4.78, 5) is 27.1. The highest BCUT2D eigenvalue weighted by Gasteiger charge is 2.76. The molecule has 4 aliphatic carbocycles. The van der Waals surface area contributed by atoms with E-state index in [-0.39, 0.29) is 28.6 Å². The fraction of sp³-hybridized carbons (Fsp3) is 0.667. The fourth-order valence-electron chi connectivity index (χ4n) is 7.57.